The zero-order valence-electron chi connectivity index (χ0n) is 9.67. The second kappa shape index (κ2) is 4.72. The molecule has 1 radical (unpaired) electrons. The van der Waals surface area contributed by atoms with Crippen molar-refractivity contribution in [2.45, 2.75) is 25.5 Å². The van der Waals surface area contributed by atoms with E-state index in [0.29, 0.717) is 0 Å². The van der Waals surface area contributed by atoms with Crippen molar-refractivity contribution in [1.29, 1.82) is 0 Å². The van der Waals surface area contributed by atoms with Gasteiger partial charge in [-0.15, -0.1) is 0 Å². The van der Waals surface area contributed by atoms with Gasteiger partial charge in [0.05, 0.1) is 6.20 Å². The fourth-order valence-electron chi connectivity index (χ4n) is 2.16. The Kier molecular flexibility index (Phi) is 2.92. The molecule has 1 aromatic heterocycles. The molecule has 1 aliphatic rings. The SMILES string of the molecule is [c]1ccc(-c2cnn(C3CCCCO3)c2)cc1. The molecule has 0 bridgehead atoms. The van der Waals surface area contributed by atoms with Gasteiger partial charge in [-0.1, -0.05) is 24.3 Å². The van der Waals surface area contributed by atoms with Crippen molar-refractivity contribution in [3.8, 4) is 11.1 Å². The molecule has 0 aliphatic carbocycles. The van der Waals surface area contributed by atoms with E-state index in [1.807, 2.05) is 35.1 Å². The van der Waals surface area contributed by atoms with Crippen molar-refractivity contribution in [2.24, 2.45) is 0 Å². The average Bonchev–Trinajstić information content (AvgIpc) is 2.90. The third-order valence-corrected chi connectivity index (χ3v) is 3.10. The molecule has 87 valence electrons. The van der Waals surface area contributed by atoms with Crippen molar-refractivity contribution in [3.63, 3.8) is 0 Å². The Morgan fingerprint density at radius 3 is 2.88 bits per heavy atom. The summed E-state index contributed by atoms with van der Waals surface area (Å²) in [6, 6.07) is 11.0. The first kappa shape index (κ1) is 10.5. The molecule has 2 heterocycles. The highest BCUT2D eigenvalue weighted by atomic mass is 16.5. The molecule has 1 fully saturated rings. The lowest BCUT2D eigenvalue weighted by atomic mass is 10.1. The molecule has 0 spiro atoms. The van der Waals surface area contributed by atoms with Gasteiger partial charge < -0.3 is 4.74 Å². The summed E-state index contributed by atoms with van der Waals surface area (Å²) in [5.74, 6) is 0. The van der Waals surface area contributed by atoms with Crippen LogP contribution in [0.1, 0.15) is 25.5 Å². The highest BCUT2D eigenvalue weighted by molar-refractivity contribution is 5.61. The van der Waals surface area contributed by atoms with Crippen molar-refractivity contribution < 1.29 is 4.74 Å². The van der Waals surface area contributed by atoms with E-state index >= 15 is 0 Å². The van der Waals surface area contributed by atoms with E-state index in [-0.39, 0.29) is 6.23 Å². The minimum Gasteiger partial charge on any atom is -0.357 e. The summed E-state index contributed by atoms with van der Waals surface area (Å²) >= 11 is 0. The van der Waals surface area contributed by atoms with Crippen LogP contribution in [0.4, 0.5) is 0 Å². The Hall–Kier alpha value is -1.61. The van der Waals surface area contributed by atoms with Crippen LogP contribution < -0.4 is 0 Å². The Bertz CT molecular complexity index is 472. The molecule has 2 aromatic rings. The summed E-state index contributed by atoms with van der Waals surface area (Å²) in [6.45, 7) is 0.847. The molecular formula is C14H15N2O. The first-order valence-electron chi connectivity index (χ1n) is 6.06. The van der Waals surface area contributed by atoms with Gasteiger partial charge in [-0.05, 0) is 30.9 Å². The van der Waals surface area contributed by atoms with Gasteiger partial charge in [-0.3, -0.25) is 0 Å². The van der Waals surface area contributed by atoms with Crippen LogP contribution in [0.5, 0.6) is 0 Å². The lowest BCUT2D eigenvalue weighted by Gasteiger charge is -2.22. The number of hydrogen-bond donors (Lipinski definition) is 0. The molecule has 1 saturated heterocycles. The summed E-state index contributed by atoms with van der Waals surface area (Å²) in [7, 11) is 0. The smallest absolute Gasteiger partial charge is 0.150 e. The van der Waals surface area contributed by atoms with Crippen LogP contribution in [-0.4, -0.2) is 16.4 Å². The Morgan fingerprint density at radius 2 is 2.12 bits per heavy atom. The molecule has 3 heteroatoms. The molecule has 3 rings (SSSR count). The number of aromatic nitrogens is 2. The van der Waals surface area contributed by atoms with Crippen molar-refractivity contribution in [2.75, 3.05) is 6.61 Å². The summed E-state index contributed by atoms with van der Waals surface area (Å²) in [5, 5.41) is 4.40. The first-order chi connectivity index (χ1) is 8.43. The standard InChI is InChI=1S/C14H15N2O/c1-2-6-12(7-3-1)13-10-15-16(11-13)14-8-4-5-9-17-14/h2-3,6-7,10-11,14H,4-5,8-9H2. The van der Waals surface area contributed by atoms with Crippen molar-refractivity contribution in [1.82, 2.24) is 9.78 Å². The largest absolute Gasteiger partial charge is 0.357 e. The molecule has 1 aromatic carbocycles. The van der Waals surface area contributed by atoms with E-state index in [0.717, 1.165) is 18.6 Å². The van der Waals surface area contributed by atoms with E-state index in [9.17, 15) is 0 Å². The third kappa shape index (κ3) is 2.24. The first-order valence-corrected chi connectivity index (χ1v) is 6.06. The monoisotopic (exact) mass is 227 g/mol. The lowest BCUT2D eigenvalue weighted by Crippen LogP contribution is -2.18. The number of ether oxygens (including phenoxy) is 1. The van der Waals surface area contributed by atoms with Gasteiger partial charge in [-0.25, -0.2) is 4.68 Å². The van der Waals surface area contributed by atoms with Crippen LogP contribution in [0.2, 0.25) is 0 Å². The van der Waals surface area contributed by atoms with E-state index in [2.05, 4.69) is 17.4 Å². The maximum atomic E-state index is 5.71. The van der Waals surface area contributed by atoms with Gasteiger partial charge in [-0.2, -0.15) is 5.10 Å². The molecule has 1 unspecified atom stereocenters. The Labute approximate surface area is 101 Å². The average molecular weight is 227 g/mol. The van der Waals surface area contributed by atoms with Crippen LogP contribution in [0.3, 0.4) is 0 Å². The molecule has 1 aliphatic heterocycles. The molecule has 3 nitrogen and oxygen atoms in total. The zero-order valence-corrected chi connectivity index (χ0v) is 9.67. The quantitative estimate of drug-likeness (QED) is 0.788. The summed E-state index contributed by atoms with van der Waals surface area (Å²) in [4.78, 5) is 0. The van der Waals surface area contributed by atoms with Crippen LogP contribution in [0.15, 0.2) is 36.7 Å². The van der Waals surface area contributed by atoms with Crippen molar-refractivity contribution in [3.05, 3.63) is 42.7 Å². The predicted molar refractivity (Wildman–Crippen MR) is 65.3 cm³/mol. The van der Waals surface area contributed by atoms with E-state index in [1.54, 1.807) is 0 Å². The van der Waals surface area contributed by atoms with Gasteiger partial charge in [0.2, 0.25) is 0 Å². The van der Waals surface area contributed by atoms with Crippen LogP contribution in [0, 0.1) is 6.07 Å². The third-order valence-electron chi connectivity index (χ3n) is 3.10. The second-order valence-electron chi connectivity index (χ2n) is 4.32. The fraction of sp³-hybridized carbons (Fsp3) is 0.357. The maximum Gasteiger partial charge on any atom is 0.150 e. The fourth-order valence-corrected chi connectivity index (χ4v) is 2.16. The number of rotatable bonds is 2. The van der Waals surface area contributed by atoms with Gasteiger partial charge in [0.15, 0.2) is 0 Å². The number of nitrogens with zero attached hydrogens (tertiary/aromatic N) is 2. The second-order valence-corrected chi connectivity index (χ2v) is 4.32. The van der Waals surface area contributed by atoms with E-state index < -0.39 is 0 Å². The zero-order chi connectivity index (χ0) is 11.5. The molecule has 0 saturated carbocycles. The highest BCUT2D eigenvalue weighted by Crippen LogP contribution is 2.24. The lowest BCUT2D eigenvalue weighted by molar-refractivity contribution is -0.0394. The van der Waals surface area contributed by atoms with Crippen LogP contribution in [0.25, 0.3) is 11.1 Å². The van der Waals surface area contributed by atoms with Crippen LogP contribution >= 0.6 is 0 Å². The van der Waals surface area contributed by atoms with Gasteiger partial charge in [0.25, 0.3) is 0 Å². The minimum absolute atomic E-state index is 0.118. The number of benzene rings is 1. The van der Waals surface area contributed by atoms with E-state index in [4.69, 9.17) is 4.74 Å². The molecule has 17 heavy (non-hydrogen) atoms. The van der Waals surface area contributed by atoms with Crippen LogP contribution in [-0.2, 0) is 4.74 Å². The maximum absolute atomic E-state index is 5.71. The summed E-state index contributed by atoms with van der Waals surface area (Å²) in [6.07, 6.45) is 7.52. The summed E-state index contributed by atoms with van der Waals surface area (Å²) in [5.41, 5.74) is 2.30. The van der Waals surface area contributed by atoms with Gasteiger partial charge in [0.1, 0.15) is 6.23 Å². The Balaban J connectivity index is 1.83. The molecule has 0 N–H and O–H groups in total. The molecule has 0 amide bonds. The van der Waals surface area contributed by atoms with Crippen molar-refractivity contribution >= 4 is 0 Å². The van der Waals surface area contributed by atoms with E-state index in [1.165, 1.54) is 18.4 Å². The Morgan fingerprint density at radius 1 is 1.24 bits per heavy atom. The number of hydrogen-bond acceptors (Lipinski definition) is 2. The highest BCUT2D eigenvalue weighted by Gasteiger charge is 2.16. The predicted octanol–water partition coefficient (Wildman–Crippen LogP) is 3.05. The summed E-state index contributed by atoms with van der Waals surface area (Å²) < 4.78 is 7.64. The van der Waals surface area contributed by atoms with Gasteiger partial charge >= 0.3 is 0 Å². The molecular weight excluding hydrogens is 212 g/mol. The molecule has 1 atom stereocenters. The minimum atomic E-state index is 0.118. The normalized spacial score (nSPS) is 20.4. The van der Waals surface area contributed by atoms with Gasteiger partial charge in [0, 0.05) is 18.4 Å². The topological polar surface area (TPSA) is 27.1 Å².